The average Bonchev–Trinajstić information content (AvgIpc) is 2.07. The van der Waals surface area contributed by atoms with Crippen LogP contribution < -0.4 is 0 Å². The van der Waals surface area contributed by atoms with Crippen LogP contribution in [0.3, 0.4) is 0 Å². The van der Waals surface area contributed by atoms with E-state index in [4.69, 9.17) is 0 Å². The molecule has 1 rings (SSSR count). The van der Waals surface area contributed by atoms with Gasteiger partial charge in [-0.25, -0.2) is 0 Å². The van der Waals surface area contributed by atoms with Gasteiger partial charge < -0.3 is 0 Å². The molecule has 0 atom stereocenters. The highest BCUT2D eigenvalue weighted by atomic mass is 15.3. The van der Waals surface area contributed by atoms with E-state index in [1.165, 1.54) is 11.1 Å². The fraction of sp³-hybridized carbons (Fsp3) is 0.500. The summed E-state index contributed by atoms with van der Waals surface area (Å²) in [7, 11) is 8.41. The number of hydrogen-bond donors (Lipinski definition) is 0. The van der Waals surface area contributed by atoms with Crippen LogP contribution in [-0.2, 0) is 0 Å². The maximum Gasteiger partial charge on any atom is 0.0876 e. The normalized spacial score (nSPS) is 11.7. The van der Waals surface area contributed by atoms with Gasteiger partial charge in [0, 0.05) is 0 Å². The van der Waals surface area contributed by atoms with E-state index in [0.717, 1.165) is 0 Å². The highest BCUT2D eigenvalue weighted by Gasteiger charge is 2.15. The Bertz CT molecular complexity index is 267. The second-order valence-corrected chi connectivity index (χ2v) is 4.21. The van der Waals surface area contributed by atoms with Gasteiger partial charge >= 0.3 is 0 Å². The minimum absolute atomic E-state index is 0.357. The van der Waals surface area contributed by atoms with Crippen molar-refractivity contribution >= 4 is 0 Å². The summed E-state index contributed by atoms with van der Waals surface area (Å²) in [5, 5.41) is 0. The van der Waals surface area contributed by atoms with Crippen LogP contribution >= 0.6 is 0 Å². The van der Waals surface area contributed by atoms with Crippen molar-refractivity contribution in [3.05, 3.63) is 35.4 Å². The largest absolute Gasteiger partial charge is 0.290 e. The molecule has 0 spiro atoms. The van der Waals surface area contributed by atoms with Crippen molar-refractivity contribution in [2.24, 2.45) is 0 Å². The zero-order chi connectivity index (χ0) is 10.7. The van der Waals surface area contributed by atoms with E-state index < -0.39 is 0 Å². The van der Waals surface area contributed by atoms with E-state index in [2.05, 4.69) is 69.2 Å². The zero-order valence-corrected chi connectivity index (χ0v) is 9.78. The molecule has 0 heterocycles. The van der Waals surface area contributed by atoms with Crippen molar-refractivity contribution in [2.75, 3.05) is 28.2 Å². The second kappa shape index (κ2) is 4.58. The zero-order valence-electron chi connectivity index (χ0n) is 9.78. The van der Waals surface area contributed by atoms with Crippen molar-refractivity contribution in [2.45, 2.75) is 13.1 Å². The lowest BCUT2D eigenvalue weighted by Crippen LogP contribution is -2.32. The van der Waals surface area contributed by atoms with Crippen LogP contribution in [0, 0.1) is 6.92 Å². The topological polar surface area (TPSA) is 6.48 Å². The molecule has 0 saturated heterocycles. The lowest BCUT2D eigenvalue weighted by Gasteiger charge is -2.30. The van der Waals surface area contributed by atoms with Gasteiger partial charge in [0.25, 0.3) is 0 Å². The Kier molecular flexibility index (Phi) is 3.67. The van der Waals surface area contributed by atoms with Gasteiger partial charge in [-0.05, 0) is 40.7 Å². The maximum atomic E-state index is 2.21. The first-order chi connectivity index (χ1) is 6.52. The van der Waals surface area contributed by atoms with Gasteiger partial charge in [0.1, 0.15) is 0 Å². The molecule has 2 heteroatoms. The minimum atomic E-state index is 0.357. The van der Waals surface area contributed by atoms with Crippen molar-refractivity contribution in [3.8, 4) is 0 Å². The van der Waals surface area contributed by atoms with Crippen molar-refractivity contribution in [1.82, 2.24) is 9.80 Å². The standard InChI is InChI=1S/C12H20N2/c1-10-6-8-11(9-7-10)12(13(2)3)14(4)5/h6-9,12H,1-5H3. The number of hydrogen-bond acceptors (Lipinski definition) is 2. The highest BCUT2D eigenvalue weighted by molar-refractivity contribution is 5.23. The molecule has 0 aromatic heterocycles. The molecule has 0 N–H and O–H groups in total. The van der Waals surface area contributed by atoms with Gasteiger partial charge in [0.2, 0.25) is 0 Å². The van der Waals surface area contributed by atoms with Gasteiger partial charge in [-0.1, -0.05) is 29.8 Å². The molecule has 1 aromatic rings. The molecule has 0 saturated carbocycles. The Morgan fingerprint density at radius 1 is 0.857 bits per heavy atom. The monoisotopic (exact) mass is 192 g/mol. The Balaban J connectivity index is 2.94. The first-order valence-corrected chi connectivity index (χ1v) is 4.92. The van der Waals surface area contributed by atoms with Gasteiger partial charge in [-0.3, -0.25) is 9.80 Å². The number of rotatable bonds is 3. The Morgan fingerprint density at radius 2 is 1.29 bits per heavy atom. The van der Waals surface area contributed by atoms with E-state index in [0.29, 0.717) is 6.17 Å². The molecule has 0 aliphatic carbocycles. The Labute approximate surface area is 87.1 Å². The molecule has 78 valence electrons. The number of benzene rings is 1. The number of aryl methyl sites for hydroxylation is 1. The van der Waals surface area contributed by atoms with Crippen molar-refractivity contribution in [1.29, 1.82) is 0 Å². The molecule has 14 heavy (non-hydrogen) atoms. The van der Waals surface area contributed by atoms with Crippen LogP contribution in [0.5, 0.6) is 0 Å². The summed E-state index contributed by atoms with van der Waals surface area (Å²) in [6, 6.07) is 8.71. The third-order valence-electron chi connectivity index (χ3n) is 2.35. The summed E-state index contributed by atoms with van der Waals surface area (Å²) in [6.07, 6.45) is 0.357. The molecule has 0 aliphatic heterocycles. The van der Waals surface area contributed by atoms with Crippen LogP contribution in [-0.4, -0.2) is 38.0 Å². The molecule has 0 amide bonds. The molecule has 0 aliphatic rings. The lowest BCUT2D eigenvalue weighted by atomic mass is 10.1. The third-order valence-corrected chi connectivity index (χ3v) is 2.35. The summed E-state index contributed by atoms with van der Waals surface area (Å²) >= 11 is 0. The molecule has 0 radical (unpaired) electrons. The average molecular weight is 192 g/mol. The Hall–Kier alpha value is -0.860. The van der Waals surface area contributed by atoms with Gasteiger partial charge in [-0.2, -0.15) is 0 Å². The van der Waals surface area contributed by atoms with Gasteiger partial charge in [0.15, 0.2) is 0 Å². The van der Waals surface area contributed by atoms with Crippen LogP contribution in [0.15, 0.2) is 24.3 Å². The van der Waals surface area contributed by atoms with Crippen LogP contribution in [0.4, 0.5) is 0 Å². The van der Waals surface area contributed by atoms with E-state index in [9.17, 15) is 0 Å². The summed E-state index contributed by atoms with van der Waals surface area (Å²) in [5.74, 6) is 0. The second-order valence-electron chi connectivity index (χ2n) is 4.21. The summed E-state index contributed by atoms with van der Waals surface area (Å²) in [4.78, 5) is 4.43. The van der Waals surface area contributed by atoms with E-state index in [1.54, 1.807) is 0 Å². The summed E-state index contributed by atoms with van der Waals surface area (Å²) in [5.41, 5.74) is 2.65. The molecule has 0 fully saturated rings. The summed E-state index contributed by atoms with van der Waals surface area (Å²) in [6.45, 7) is 2.12. The first kappa shape index (κ1) is 11.2. The third kappa shape index (κ3) is 2.56. The quantitative estimate of drug-likeness (QED) is 0.677. The molecular weight excluding hydrogens is 172 g/mol. The van der Waals surface area contributed by atoms with E-state index >= 15 is 0 Å². The van der Waals surface area contributed by atoms with Crippen LogP contribution in [0.25, 0.3) is 0 Å². The number of nitrogens with zero attached hydrogens (tertiary/aromatic N) is 2. The predicted molar refractivity (Wildman–Crippen MR) is 61.3 cm³/mol. The van der Waals surface area contributed by atoms with Crippen molar-refractivity contribution < 1.29 is 0 Å². The fourth-order valence-corrected chi connectivity index (χ4v) is 1.80. The molecule has 0 bridgehead atoms. The lowest BCUT2D eigenvalue weighted by molar-refractivity contribution is 0.131. The van der Waals surface area contributed by atoms with Gasteiger partial charge in [0.05, 0.1) is 6.17 Å². The smallest absolute Gasteiger partial charge is 0.0876 e. The highest BCUT2D eigenvalue weighted by Crippen LogP contribution is 2.20. The predicted octanol–water partition coefficient (Wildman–Crippen LogP) is 2.12. The molecule has 0 unspecified atom stereocenters. The van der Waals surface area contributed by atoms with Crippen LogP contribution in [0.2, 0.25) is 0 Å². The van der Waals surface area contributed by atoms with E-state index in [-0.39, 0.29) is 0 Å². The SMILES string of the molecule is Cc1ccc(C(N(C)C)N(C)C)cc1. The van der Waals surface area contributed by atoms with Crippen molar-refractivity contribution in [3.63, 3.8) is 0 Å². The first-order valence-electron chi connectivity index (χ1n) is 4.92. The minimum Gasteiger partial charge on any atom is -0.290 e. The van der Waals surface area contributed by atoms with E-state index in [1.807, 2.05) is 0 Å². The molecular formula is C12H20N2. The molecule has 1 aromatic carbocycles. The van der Waals surface area contributed by atoms with Gasteiger partial charge in [-0.15, -0.1) is 0 Å². The fourth-order valence-electron chi connectivity index (χ4n) is 1.80. The molecule has 2 nitrogen and oxygen atoms in total. The van der Waals surface area contributed by atoms with Crippen LogP contribution in [0.1, 0.15) is 17.3 Å². The Morgan fingerprint density at radius 3 is 1.64 bits per heavy atom. The maximum absolute atomic E-state index is 2.21. The summed E-state index contributed by atoms with van der Waals surface area (Å²) < 4.78 is 0.